The van der Waals surface area contributed by atoms with Gasteiger partial charge in [0.05, 0.1) is 5.97 Å². The van der Waals surface area contributed by atoms with Crippen LogP contribution in [0.25, 0.3) is 0 Å². The third-order valence-electron chi connectivity index (χ3n) is 2.59. The number of amides is 1. The summed E-state index contributed by atoms with van der Waals surface area (Å²) in [6, 6.07) is 5.63. The second-order valence-corrected chi connectivity index (χ2v) is 4.18. The highest BCUT2D eigenvalue weighted by Gasteiger charge is 2.08. The summed E-state index contributed by atoms with van der Waals surface area (Å²) in [5, 5.41) is 23.6. The Labute approximate surface area is 110 Å². The van der Waals surface area contributed by atoms with E-state index in [2.05, 4.69) is 5.32 Å². The lowest BCUT2D eigenvalue weighted by atomic mass is 10.1. The Kier molecular flexibility index (Phi) is 5.05. The number of anilines is 1. The molecule has 0 fully saturated rings. The summed E-state index contributed by atoms with van der Waals surface area (Å²) in [7, 11) is 0. The van der Waals surface area contributed by atoms with Gasteiger partial charge in [0.1, 0.15) is 0 Å². The van der Waals surface area contributed by atoms with E-state index in [4.69, 9.17) is 0 Å². The molecule has 0 saturated heterocycles. The van der Waals surface area contributed by atoms with Crippen LogP contribution in [0.1, 0.15) is 30.1 Å². The Hall–Kier alpha value is -2.37. The number of carbonyl (C=O) groups excluding carboxylic acids is 3. The summed E-state index contributed by atoms with van der Waals surface area (Å²) in [6.45, 7) is 1.46. The van der Waals surface area contributed by atoms with E-state index in [1.165, 1.54) is 31.2 Å². The van der Waals surface area contributed by atoms with Gasteiger partial charge in [-0.05, 0) is 30.0 Å². The highest BCUT2D eigenvalue weighted by molar-refractivity contribution is 5.93. The number of hydrogen-bond acceptors (Lipinski definition) is 5. The van der Waals surface area contributed by atoms with Crippen LogP contribution in [0.4, 0.5) is 5.69 Å². The molecule has 0 aliphatic heterocycles. The fourth-order valence-electron chi connectivity index (χ4n) is 1.41. The highest BCUT2D eigenvalue weighted by Crippen LogP contribution is 2.12. The van der Waals surface area contributed by atoms with Gasteiger partial charge in [-0.2, -0.15) is 0 Å². The number of carbonyl (C=O) groups is 3. The molecule has 1 N–H and O–H groups in total. The van der Waals surface area contributed by atoms with Crippen molar-refractivity contribution >= 4 is 23.5 Å². The van der Waals surface area contributed by atoms with Crippen molar-refractivity contribution in [1.82, 2.24) is 0 Å². The Balaban J connectivity index is 2.55. The van der Waals surface area contributed by atoms with Gasteiger partial charge < -0.3 is 25.1 Å². The van der Waals surface area contributed by atoms with E-state index in [0.29, 0.717) is 5.69 Å². The summed E-state index contributed by atoms with van der Waals surface area (Å²) in [6.07, 6.45) is 0.180. The Bertz CT molecular complexity index is 498. The third kappa shape index (κ3) is 4.79. The molecule has 0 saturated carbocycles. The van der Waals surface area contributed by atoms with Crippen molar-refractivity contribution in [3.8, 4) is 0 Å². The maximum Gasteiger partial charge on any atom is 0.224 e. The number of benzene rings is 1. The molecule has 1 aromatic carbocycles. The second-order valence-electron chi connectivity index (χ2n) is 4.18. The van der Waals surface area contributed by atoms with Crippen molar-refractivity contribution in [2.75, 3.05) is 5.32 Å². The molecule has 0 aliphatic carbocycles. The Morgan fingerprint density at radius 3 is 2.53 bits per heavy atom. The number of carboxylic acids is 2. The molecular formula is C13H13NO5-2. The van der Waals surface area contributed by atoms with Crippen molar-refractivity contribution in [3.05, 3.63) is 29.8 Å². The number of hydrogen-bond donors (Lipinski definition) is 1. The van der Waals surface area contributed by atoms with Crippen molar-refractivity contribution in [2.45, 2.75) is 19.8 Å². The van der Waals surface area contributed by atoms with Crippen molar-refractivity contribution in [1.29, 1.82) is 0 Å². The topological polar surface area (TPSA) is 109 Å². The summed E-state index contributed by atoms with van der Waals surface area (Å²) in [5.74, 6) is -3.63. The van der Waals surface area contributed by atoms with E-state index in [1.807, 2.05) is 0 Å². The lowest BCUT2D eigenvalue weighted by Gasteiger charge is -2.12. The minimum Gasteiger partial charge on any atom is -0.550 e. The third-order valence-corrected chi connectivity index (χ3v) is 2.59. The molecule has 1 unspecified atom stereocenters. The standard InChI is InChI=1S/C13H15NO5/c1-8(12(16)17)5-6-11(15)14-10-4-2-3-9(7-10)13(18)19/h2-4,7-8H,5-6H2,1H3,(H,14,15)(H,16,17)(H,18,19)/p-2. The van der Waals surface area contributed by atoms with Crippen LogP contribution in [-0.4, -0.2) is 17.8 Å². The maximum absolute atomic E-state index is 11.5. The second kappa shape index (κ2) is 6.53. The lowest BCUT2D eigenvalue weighted by Crippen LogP contribution is -2.30. The number of aliphatic carboxylic acids is 1. The van der Waals surface area contributed by atoms with Crippen molar-refractivity contribution < 1.29 is 24.6 Å². The van der Waals surface area contributed by atoms with Gasteiger partial charge in [-0.3, -0.25) is 4.79 Å². The number of aromatic carboxylic acids is 1. The molecule has 0 radical (unpaired) electrons. The van der Waals surface area contributed by atoms with Crippen LogP contribution >= 0.6 is 0 Å². The predicted molar refractivity (Wildman–Crippen MR) is 62.8 cm³/mol. The zero-order valence-corrected chi connectivity index (χ0v) is 10.3. The normalized spacial score (nSPS) is 11.6. The van der Waals surface area contributed by atoms with Gasteiger partial charge in [0.15, 0.2) is 0 Å². The molecular weight excluding hydrogens is 250 g/mol. The monoisotopic (exact) mass is 263 g/mol. The quantitative estimate of drug-likeness (QED) is 0.719. The van der Waals surface area contributed by atoms with Crippen molar-refractivity contribution in [3.63, 3.8) is 0 Å². The molecule has 1 rings (SSSR count). The zero-order valence-electron chi connectivity index (χ0n) is 10.3. The minimum absolute atomic E-state index is 0.0185. The van der Waals surface area contributed by atoms with Gasteiger partial charge in [-0.1, -0.05) is 19.1 Å². The average molecular weight is 263 g/mol. The summed E-state index contributed by atoms with van der Waals surface area (Å²) in [5.41, 5.74) is 0.286. The molecule has 0 heterocycles. The SMILES string of the molecule is CC(CCC(=O)Nc1cccc(C(=O)[O-])c1)C(=O)[O-]. The average Bonchev–Trinajstić information content (AvgIpc) is 2.36. The van der Waals surface area contributed by atoms with Crippen LogP contribution in [0.2, 0.25) is 0 Å². The maximum atomic E-state index is 11.5. The molecule has 1 amide bonds. The number of carboxylic acid groups (broad SMARTS) is 2. The van der Waals surface area contributed by atoms with Gasteiger partial charge in [0.2, 0.25) is 5.91 Å². The Morgan fingerprint density at radius 2 is 1.95 bits per heavy atom. The largest absolute Gasteiger partial charge is 0.550 e. The summed E-state index contributed by atoms with van der Waals surface area (Å²) >= 11 is 0. The van der Waals surface area contributed by atoms with Gasteiger partial charge in [0.25, 0.3) is 0 Å². The van der Waals surface area contributed by atoms with Gasteiger partial charge >= 0.3 is 0 Å². The molecule has 1 atom stereocenters. The van der Waals surface area contributed by atoms with E-state index in [1.54, 1.807) is 0 Å². The van der Waals surface area contributed by atoms with E-state index in [9.17, 15) is 24.6 Å². The van der Waals surface area contributed by atoms with Crippen LogP contribution in [0.5, 0.6) is 0 Å². The molecule has 0 bridgehead atoms. The van der Waals surface area contributed by atoms with E-state index in [0.717, 1.165) is 0 Å². The van der Waals surface area contributed by atoms with E-state index in [-0.39, 0.29) is 24.3 Å². The number of rotatable bonds is 6. The number of nitrogens with one attached hydrogen (secondary N) is 1. The Morgan fingerprint density at radius 1 is 1.26 bits per heavy atom. The molecule has 6 heteroatoms. The first kappa shape index (κ1) is 14.7. The predicted octanol–water partition coefficient (Wildman–Crippen LogP) is -0.845. The molecule has 0 aliphatic rings. The van der Waals surface area contributed by atoms with Crippen LogP contribution in [0.3, 0.4) is 0 Å². The van der Waals surface area contributed by atoms with Crippen LogP contribution in [0.15, 0.2) is 24.3 Å². The van der Waals surface area contributed by atoms with Crippen molar-refractivity contribution in [2.24, 2.45) is 5.92 Å². The molecule has 19 heavy (non-hydrogen) atoms. The van der Waals surface area contributed by atoms with Gasteiger partial charge in [-0.15, -0.1) is 0 Å². The fourth-order valence-corrected chi connectivity index (χ4v) is 1.41. The first-order valence-electron chi connectivity index (χ1n) is 5.72. The summed E-state index contributed by atoms with van der Waals surface area (Å²) in [4.78, 5) is 32.6. The first-order chi connectivity index (χ1) is 8.90. The lowest BCUT2D eigenvalue weighted by molar-refractivity contribution is -0.311. The van der Waals surface area contributed by atoms with Crippen LogP contribution in [0, 0.1) is 5.92 Å². The zero-order chi connectivity index (χ0) is 14.4. The highest BCUT2D eigenvalue weighted by atomic mass is 16.4. The molecule has 102 valence electrons. The summed E-state index contributed by atoms with van der Waals surface area (Å²) < 4.78 is 0. The van der Waals surface area contributed by atoms with Crippen LogP contribution < -0.4 is 15.5 Å². The van der Waals surface area contributed by atoms with E-state index < -0.39 is 17.9 Å². The van der Waals surface area contributed by atoms with Crippen LogP contribution in [-0.2, 0) is 9.59 Å². The molecule has 0 aromatic heterocycles. The first-order valence-corrected chi connectivity index (χ1v) is 5.72. The molecule has 6 nitrogen and oxygen atoms in total. The van der Waals surface area contributed by atoms with E-state index >= 15 is 0 Å². The minimum atomic E-state index is -1.33. The fraction of sp³-hybridized carbons (Fsp3) is 0.308. The van der Waals surface area contributed by atoms with Gasteiger partial charge in [0, 0.05) is 18.1 Å². The van der Waals surface area contributed by atoms with Gasteiger partial charge in [-0.25, -0.2) is 0 Å². The molecule has 1 aromatic rings. The molecule has 0 spiro atoms. The smallest absolute Gasteiger partial charge is 0.224 e.